The molecule has 0 bridgehead atoms. The maximum Gasteiger partial charge on any atom is 0.312 e. The van der Waals surface area contributed by atoms with Crippen molar-refractivity contribution in [3.8, 4) is 0 Å². The van der Waals surface area contributed by atoms with Gasteiger partial charge in [-0.15, -0.1) is 0 Å². The largest absolute Gasteiger partial charge is 0.412 e. The number of carbonyl (C=O) groups excluding carboxylic acids is 1. The number of ether oxygens (including phenoxy) is 1. The van der Waals surface area contributed by atoms with E-state index in [0.717, 1.165) is 12.8 Å². The summed E-state index contributed by atoms with van der Waals surface area (Å²) in [7, 11) is 1.63. The van der Waals surface area contributed by atoms with E-state index in [1.165, 1.54) is 0 Å². The second kappa shape index (κ2) is 6.83. The molecule has 0 saturated heterocycles. The molecule has 3 heteroatoms. The molecule has 0 aliphatic rings. The Kier molecular flexibility index (Phi) is 6.34. The molecular formula is C9H17NO2. The Bertz CT molecular complexity index is 164. The fraction of sp³-hybridized carbons (Fsp3) is 0.778. The lowest BCUT2D eigenvalue weighted by molar-refractivity contribution is -0.135. The van der Waals surface area contributed by atoms with E-state index in [-0.39, 0.29) is 5.97 Å². The predicted octanol–water partition coefficient (Wildman–Crippen LogP) is 2.16. The molecule has 0 N–H and O–H groups in total. The summed E-state index contributed by atoms with van der Waals surface area (Å²) in [6, 6.07) is 0. The van der Waals surface area contributed by atoms with E-state index < -0.39 is 0 Å². The monoisotopic (exact) mass is 171 g/mol. The highest BCUT2D eigenvalue weighted by molar-refractivity contribution is 5.88. The quantitative estimate of drug-likeness (QED) is 0.369. The number of aliphatic imine (C=N–C) groups is 1. The number of hydrogen-bond acceptors (Lipinski definition) is 3. The van der Waals surface area contributed by atoms with E-state index in [9.17, 15) is 4.79 Å². The minimum atomic E-state index is -0.167. The van der Waals surface area contributed by atoms with Crippen LogP contribution in [0.25, 0.3) is 0 Å². The third-order valence-corrected chi connectivity index (χ3v) is 1.52. The lowest BCUT2D eigenvalue weighted by Crippen LogP contribution is -2.11. The molecular weight excluding hydrogens is 154 g/mol. The molecule has 0 fully saturated rings. The first-order chi connectivity index (χ1) is 5.74. The molecule has 0 spiro atoms. The fourth-order valence-electron chi connectivity index (χ4n) is 0.779. The fourth-order valence-corrected chi connectivity index (χ4v) is 0.779. The molecule has 0 aromatic rings. The van der Waals surface area contributed by atoms with Gasteiger partial charge in [-0.2, -0.15) is 0 Å². The van der Waals surface area contributed by atoms with Crippen molar-refractivity contribution in [2.45, 2.75) is 39.5 Å². The summed E-state index contributed by atoms with van der Waals surface area (Å²) in [5.41, 5.74) is 0. The van der Waals surface area contributed by atoms with Crippen LogP contribution in [0.3, 0.4) is 0 Å². The van der Waals surface area contributed by atoms with E-state index in [2.05, 4.69) is 4.99 Å². The second-order valence-electron chi connectivity index (χ2n) is 2.55. The lowest BCUT2D eigenvalue weighted by atomic mass is 10.2. The van der Waals surface area contributed by atoms with Gasteiger partial charge in [0.15, 0.2) is 5.90 Å². The molecule has 70 valence electrons. The van der Waals surface area contributed by atoms with Crippen LogP contribution in [0.5, 0.6) is 0 Å². The first-order valence-corrected chi connectivity index (χ1v) is 4.40. The van der Waals surface area contributed by atoms with Crippen LogP contribution in [0.15, 0.2) is 4.99 Å². The smallest absolute Gasteiger partial charge is 0.312 e. The SMILES string of the molecule is CCCCC(=O)O/C(CC)=N\C. The molecule has 0 aromatic heterocycles. The van der Waals surface area contributed by atoms with Crippen molar-refractivity contribution >= 4 is 11.9 Å². The van der Waals surface area contributed by atoms with Gasteiger partial charge in [0.05, 0.1) is 0 Å². The van der Waals surface area contributed by atoms with Crippen molar-refractivity contribution in [2.24, 2.45) is 4.99 Å². The topological polar surface area (TPSA) is 38.7 Å². The van der Waals surface area contributed by atoms with E-state index in [4.69, 9.17) is 4.74 Å². The summed E-state index contributed by atoms with van der Waals surface area (Å²) in [6.07, 6.45) is 3.07. The van der Waals surface area contributed by atoms with Gasteiger partial charge in [0.25, 0.3) is 0 Å². The molecule has 0 aliphatic heterocycles. The Morgan fingerprint density at radius 1 is 1.42 bits per heavy atom. The maximum atomic E-state index is 11.0. The van der Waals surface area contributed by atoms with Gasteiger partial charge in [0.2, 0.25) is 0 Å². The highest BCUT2D eigenvalue weighted by atomic mass is 16.5. The second-order valence-corrected chi connectivity index (χ2v) is 2.55. The maximum absolute atomic E-state index is 11.0. The van der Waals surface area contributed by atoms with E-state index >= 15 is 0 Å². The van der Waals surface area contributed by atoms with Gasteiger partial charge >= 0.3 is 5.97 Å². The van der Waals surface area contributed by atoms with Crippen LogP contribution in [0, 0.1) is 0 Å². The van der Waals surface area contributed by atoms with Gasteiger partial charge in [0.1, 0.15) is 0 Å². The number of nitrogens with zero attached hydrogens (tertiary/aromatic N) is 1. The Hall–Kier alpha value is -0.860. The Morgan fingerprint density at radius 3 is 2.50 bits per heavy atom. The molecule has 0 rings (SSSR count). The molecule has 0 aliphatic carbocycles. The summed E-state index contributed by atoms with van der Waals surface area (Å²) in [5.74, 6) is 0.357. The summed E-state index contributed by atoms with van der Waals surface area (Å²) < 4.78 is 4.96. The van der Waals surface area contributed by atoms with Crippen LogP contribution in [0.1, 0.15) is 39.5 Å². The Labute approximate surface area is 73.8 Å². The van der Waals surface area contributed by atoms with E-state index in [0.29, 0.717) is 18.7 Å². The average molecular weight is 171 g/mol. The number of carbonyl (C=O) groups is 1. The predicted molar refractivity (Wildman–Crippen MR) is 49.3 cm³/mol. The number of rotatable bonds is 4. The van der Waals surface area contributed by atoms with Crippen molar-refractivity contribution < 1.29 is 9.53 Å². The van der Waals surface area contributed by atoms with Crippen molar-refractivity contribution in [3.63, 3.8) is 0 Å². The Morgan fingerprint density at radius 2 is 2.08 bits per heavy atom. The number of hydrogen-bond donors (Lipinski definition) is 0. The van der Waals surface area contributed by atoms with Crippen molar-refractivity contribution in [1.82, 2.24) is 0 Å². The Balaban J connectivity index is 3.67. The average Bonchev–Trinajstić information content (AvgIpc) is 2.10. The van der Waals surface area contributed by atoms with Crippen molar-refractivity contribution in [1.29, 1.82) is 0 Å². The van der Waals surface area contributed by atoms with Gasteiger partial charge in [0, 0.05) is 19.9 Å². The van der Waals surface area contributed by atoms with E-state index in [1.807, 2.05) is 13.8 Å². The zero-order valence-electron chi connectivity index (χ0n) is 8.09. The lowest BCUT2D eigenvalue weighted by Gasteiger charge is -2.03. The van der Waals surface area contributed by atoms with Crippen LogP contribution in [0.2, 0.25) is 0 Å². The standard InChI is InChI=1S/C9H17NO2/c1-4-6-7-9(11)12-8(5-2)10-3/h4-7H2,1-3H3/b10-8-. The zero-order valence-corrected chi connectivity index (χ0v) is 8.09. The first kappa shape index (κ1) is 11.1. The van der Waals surface area contributed by atoms with Gasteiger partial charge in [-0.3, -0.25) is 9.79 Å². The zero-order chi connectivity index (χ0) is 9.40. The highest BCUT2D eigenvalue weighted by Gasteiger charge is 2.04. The molecule has 0 heterocycles. The van der Waals surface area contributed by atoms with Gasteiger partial charge in [-0.1, -0.05) is 20.3 Å². The molecule has 0 aromatic carbocycles. The molecule has 0 saturated carbocycles. The molecule has 0 unspecified atom stereocenters. The third kappa shape index (κ3) is 4.88. The first-order valence-electron chi connectivity index (χ1n) is 4.40. The minimum Gasteiger partial charge on any atom is -0.412 e. The molecule has 0 radical (unpaired) electrons. The highest BCUT2D eigenvalue weighted by Crippen LogP contribution is 1.98. The van der Waals surface area contributed by atoms with Crippen molar-refractivity contribution in [3.05, 3.63) is 0 Å². The van der Waals surface area contributed by atoms with Crippen LogP contribution >= 0.6 is 0 Å². The van der Waals surface area contributed by atoms with Gasteiger partial charge < -0.3 is 4.74 Å². The van der Waals surface area contributed by atoms with Crippen LogP contribution in [-0.4, -0.2) is 18.9 Å². The molecule has 12 heavy (non-hydrogen) atoms. The van der Waals surface area contributed by atoms with Crippen molar-refractivity contribution in [2.75, 3.05) is 7.05 Å². The normalized spacial score (nSPS) is 11.4. The van der Waals surface area contributed by atoms with Crippen LogP contribution in [0.4, 0.5) is 0 Å². The van der Waals surface area contributed by atoms with Crippen LogP contribution in [-0.2, 0) is 9.53 Å². The summed E-state index contributed by atoms with van der Waals surface area (Å²) in [6.45, 7) is 3.96. The van der Waals surface area contributed by atoms with Gasteiger partial charge in [-0.05, 0) is 6.42 Å². The summed E-state index contributed by atoms with van der Waals surface area (Å²) in [4.78, 5) is 14.9. The van der Waals surface area contributed by atoms with E-state index in [1.54, 1.807) is 7.05 Å². The summed E-state index contributed by atoms with van der Waals surface area (Å²) >= 11 is 0. The van der Waals surface area contributed by atoms with Gasteiger partial charge in [-0.25, -0.2) is 0 Å². The molecule has 0 amide bonds. The molecule has 3 nitrogen and oxygen atoms in total. The number of esters is 1. The summed E-state index contributed by atoms with van der Waals surface area (Å²) in [5, 5.41) is 0. The number of unbranched alkanes of at least 4 members (excludes halogenated alkanes) is 1. The third-order valence-electron chi connectivity index (χ3n) is 1.52. The minimum absolute atomic E-state index is 0.167. The molecule has 0 atom stereocenters. The van der Waals surface area contributed by atoms with Crippen LogP contribution < -0.4 is 0 Å².